The number of hydrogen-bond donors (Lipinski definition) is 2. The number of carbonyl (C=O) groups is 1. The lowest BCUT2D eigenvalue weighted by Crippen LogP contribution is -2.52. The van der Waals surface area contributed by atoms with Gasteiger partial charge in [0.05, 0.1) is 0 Å². The topological polar surface area (TPSA) is 58.6 Å². The summed E-state index contributed by atoms with van der Waals surface area (Å²) in [7, 11) is 0. The molecule has 0 amide bonds. The molecule has 1 aliphatic heterocycles. The molecule has 1 unspecified atom stereocenters. The minimum absolute atomic E-state index is 0.547. The van der Waals surface area contributed by atoms with Gasteiger partial charge in [0.25, 0.3) is 0 Å². The number of thioether (sulfide) groups is 1. The molecule has 1 atom stereocenters. The fourth-order valence-corrected chi connectivity index (χ4v) is 3.04. The van der Waals surface area contributed by atoms with Crippen LogP contribution in [0.15, 0.2) is 0 Å². The third-order valence-corrected chi connectivity index (χ3v) is 4.70. The Kier molecular flexibility index (Phi) is 6.30. The van der Waals surface area contributed by atoms with Crippen molar-refractivity contribution in [3.05, 3.63) is 0 Å². The van der Waals surface area contributed by atoms with E-state index in [0.29, 0.717) is 11.0 Å². The summed E-state index contributed by atoms with van der Waals surface area (Å²) in [6.45, 7) is 6.18. The molecular formula is C12H23NO3S. The number of carboxylic acids is 1. The Morgan fingerprint density at radius 2 is 2.18 bits per heavy atom. The monoisotopic (exact) mass is 261 g/mol. The maximum atomic E-state index is 11.3. The molecule has 4 nitrogen and oxygen atoms in total. The predicted molar refractivity (Wildman–Crippen MR) is 70.6 cm³/mol. The van der Waals surface area contributed by atoms with E-state index in [9.17, 15) is 9.90 Å². The molecule has 0 aromatic heterocycles. The van der Waals surface area contributed by atoms with Gasteiger partial charge in [-0.05, 0) is 32.7 Å². The van der Waals surface area contributed by atoms with Gasteiger partial charge in [0.15, 0.2) is 0 Å². The molecule has 100 valence electrons. The van der Waals surface area contributed by atoms with E-state index in [1.165, 1.54) is 0 Å². The molecule has 0 aromatic carbocycles. The van der Waals surface area contributed by atoms with Gasteiger partial charge in [-0.25, -0.2) is 0 Å². The van der Waals surface area contributed by atoms with Gasteiger partial charge in [-0.1, -0.05) is 6.92 Å². The molecule has 1 rings (SSSR count). The van der Waals surface area contributed by atoms with Crippen LogP contribution in [0.2, 0.25) is 0 Å². The average molecular weight is 261 g/mol. The first-order valence-corrected chi connectivity index (χ1v) is 7.31. The van der Waals surface area contributed by atoms with Crippen molar-refractivity contribution in [1.82, 2.24) is 5.32 Å². The standard InChI is InChI=1S/C12H23NO3S/c1-3-6-13-12(2,11(14)15)9-17-10-4-7-16-8-5-10/h10,13H,3-9H2,1-2H3,(H,14,15). The van der Waals surface area contributed by atoms with Crippen LogP contribution in [0.4, 0.5) is 0 Å². The highest BCUT2D eigenvalue weighted by Crippen LogP contribution is 2.25. The van der Waals surface area contributed by atoms with Gasteiger partial charge in [-0.15, -0.1) is 0 Å². The van der Waals surface area contributed by atoms with Crippen molar-refractivity contribution in [2.24, 2.45) is 0 Å². The highest BCUT2D eigenvalue weighted by molar-refractivity contribution is 8.00. The molecular weight excluding hydrogens is 238 g/mol. The first-order valence-electron chi connectivity index (χ1n) is 6.26. The second-order valence-electron chi connectivity index (χ2n) is 4.69. The molecule has 1 fully saturated rings. The lowest BCUT2D eigenvalue weighted by Gasteiger charge is -2.29. The normalized spacial score (nSPS) is 21.1. The van der Waals surface area contributed by atoms with Gasteiger partial charge in [-0.2, -0.15) is 11.8 Å². The summed E-state index contributed by atoms with van der Waals surface area (Å²) in [6, 6.07) is 0. The largest absolute Gasteiger partial charge is 0.480 e. The van der Waals surface area contributed by atoms with Crippen LogP contribution in [-0.2, 0) is 9.53 Å². The van der Waals surface area contributed by atoms with Crippen LogP contribution in [-0.4, -0.2) is 47.4 Å². The van der Waals surface area contributed by atoms with Crippen LogP contribution in [0.5, 0.6) is 0 Å². The predicted octanol–water partition coefficient (Wildman–Crippen LogP) is 1.74. The van der Waals surface area contributed by atoms with Crippen molar-refractivity contribution in [3.63, 3.8) is 0 Å². The van der Waals surface area contributed by atoms with E-state index in [2.05, 4.69) is 5.32 Å². The smallest absolute Gasteiger partial charge is 0.324 e. The zero-order chi connectivity index (χ0) is 12.7. The maximum Gasteiger partial charge on any atom is 0.324 e. The lowest BCUT2D eigenvalue weighted by molar-refractivity contribution is -0.143. The summed E-state index contributed by atoms with van der Waals surface area (Å²) >= 11 is 1.76. The van der Waals surface area contributed by atoms with Crippen molar-refractivity contribution in [1.29, 1.82) is 0 Å². The van der Waals surface area contributed by atoms with E-state index >= 15 is 0 Å². The highest BCUT2D eigenvalue weighted by Gasteiger charge is 2.33. The Labute approximate surface area is 107 Å². The van der Waals surface area contributed by atoms with Crippen LogP contribution in [0.1, 0.15) is 33.1 Å². The number of carboxylic acid groups (broad SMARTS) is 1. The van der Waals surface area contributed by atoms with Crippen LogP contribution in [0.3, 0.4) is 0 Å². The maximum absolute atomic E-state index is 11.3. The summed E-state index contributed by atoms with van der Waals surface area (Å²) in [5, 5.41) is 13.0. The van der Waals surface area contributed by atoms with E-state index in [1.54, 1.807) is 18.7 Å². The molecule has 0 aromatic rings. The van der Waals surface area contributed by atoms with Crippen LogP contribution in [0.25, 0.3) is 0 Å². The third kappa shape index (κ3) is 4.85. The van der Waals surface area contributed by atoms with Gasteiger partial charge in [-0.3, -0.25) is 4.79 Å². The Balaban J connectivity index is 2.39. The fourth-order valence-electron chi connectivity index (χ4n) is 1.72. The van der Waals surface area contributed by atoms with Crippen LogP contribution in [0, 0.1) is 0 Å². The minimum Gasteiger partial charge on any atom is -0.480 e. The molecule has 1 aliphatic rings. The number of rotatable bonds is 7. The Morgan fingerprint density at radius 1 is 1.53 bits per heavy atom. The molecule has 0 radical (unpaired) electrons. The minimum atomic E-state index is -0.807. The van der Waals surface area contributed by atoms with Crippen LogP contribution >= 0.6 is 11.8 Å². The molecule has 0 spiro atoms. The van der Waals surface area contributed by atoms with Crippen molar-refractivity contribution < 1.29 is 14.6 Å². The van der Waals surface area contributed by atoms with E-state index in [-0.39, 0.29) is 0 Å². The van der Waals surface area contributed by atoms with Crippen molar-refractivity contribution in [2.45, 2.75) is 43.9 Å². The zero-order valence-corrected chi connectivity index (χ0v) is 11.5. The van der Waals surface area contributed by atoms with Gasteiger partial charge in [0.2, 0.25) is 0 Å². The van der Waals surface area contributed by atoms with E-state index in [0.717, 1.165) is 39.0 Å². The van der Waals surface area contributed by atoms with Gasteiger partial charge in [0, 0.05) is 24.2 Å². The second-order valence-corrected chi connectivity index (χ2v) is 5.98. The first-order chi connectivity index (χ1) is 8.08. The molecule has 0 bridgehead atoms. The van der Waals surface area contributed by atoms with E-state index < -0.39 is 11.5 Å². The molecule has 17 heavy (non-hydrogen) atoms. The number of nitrogens with one attached hydrogen (secondary N) is 1. The summed E-state index contributed by atoms with van der Waals surface area (Å²) in [4.78, 5) is 11.3. The Bertz CT molecular complexity index is 244. The molecule has 5 heteroatoms. The number of aliphatic carboxylic acids is 1. The van der Waals surface area contributed by atoms with Crippen molar-refractivity contribution in [3.8, 4) is 0 Å². The molecule has 0 aliphatic carbocycles. The molecule has 1 heterocycles. The van der Waals surface area contributed by atoms with Gasteiger partial charge in [0.1, 0.15) is 5.54 Å². The molecule has 1 saturated heterocycles. The number of ether oxygens (including phenoxy) is 1. The van der Waals surface area contributed by atoms with Gasteiger partial charge >= 0.3 is 5.97 Å². The van der Waals surface area contributed by atoms with E-state index in [1.807, 2.05) is 6.92 Å². The highest BCUT2D eigenvalue weighted by atomic mass is 32.2. The molecule has 2 N–H and O–H groups in total. The quantitative estimate of drug-likeness (QED) is 0.731. The fraction of sp³-hybridized carbons (Fsp3) is 0.917. The second kappa shape index (κ2) is 7.24. The summed E-state index contributed by atoms with van der Waals surface area (Å²) < 4.78 is 5.30. The first kappa shape index (κ1) is 14.8. The summed E-state index contributed by atoms with van der Waals surface area (Å²) in [5.74, 6) is -0.141. The van der Waals surface area contributed by atoms with E-state index in [4.69, 9.17) is 4.74 Å². The molecule has 0 saturated carbocycles. The number of hydrogen-bond acceptors (Lipinski definition) is 4. The Hall–Kier alpha value is -0.260. The van der Waals surface area contributed by atoms with Gasteiger partial charge < -0.3 is 15.2 Å². The lowest BCUT2D eigenvalue weighted by atomic mass is 10.1. The third-order valence-electron chi connectivity index (χ3n) is 3.01. The van der Waals surface area contributed by atoms with Crippen LogP contribution < -0.4 is 5.32 Å². The SMILES string of the molecule is CCCNC(C)(CSC1CCOCC1)C(=O)O. The van der Waals surface area contributed by atoms with Crippen molar-refractivity contribution >= 4 is 17.7 Å². The average Bonchev–Trinajstić information content (AvgIpc) is 2.35. The summed E-state index contributed by atoms with van der Waals surface area (Å²) in [6.07, 6.45) is 3.02. The van der Waals surface area contributed by atoms with Crippen molar-refractivity contribution in [2.75, 3.05) is 25.5 Å². The summed E-state index contributed by atoms with van der Waals surface area (Å²) in [5.41, 5.74) is -0.807. The Morgan fingerprint density at radius 3 is 2.71 bits per heavy atom. The zero-order valence-electron chi connectivity index (χ0n) is 10.7.